The third kappa shape index (κ3) is 4.66. The number of nitrogens with zero attached hydrogens (tertiary/aromatic N) is 2. The lowest BCUT2D eigenvalue weighted by Crippen LogP contribution is -2.27. The number of carbonyl (C=O) groups excluding carboxylic acids is 2. The van der Waals surface area contributed by atoms with E-state index in [1.165, 1.54) is 0 Å². The molecule has 2 heterocycles. The van der Waals surface area contributed by atoms with Gasteiger partial charge in [-0.1, -0.05) is 48.5 Å². The van der Waals surface area contributed by atoms with Gasteiger partial charge < -0.3 is 10.2 Å². The second-order valence-electron chi connectivity index (χ2n) is 6.80. The number of rotatable bonds is 6. The summed E-state index contributed by atoms with van der Waals surface area (Å²) in [6, 6.07) is 23.1. The number of amides is 2. The maximum Gasteiger partial charge on any atom is 0.251 e. The standard InChI is InChI=1S/C23H21N3O2S/c27-21-16-29-23(26(21)15-17-6-2-1-3-7-17)19-11-9-18(10-12-19)22(28)25-14-20-8-4-5-13-24-20/h1-13,23H,14-16H2,(H,25,28)/t23-/m0/s1. The summed E-state index contributed by atoms with van der Waals surface area (Å²) in [5.41, 5.74) is 3.54. The summed E-state index contributed by atoms with van der Waals surface area (Å²) in [4.78, 5) is 30.9. The molecule has 0 bridgehead atoms. The summed E-state index contributed by atoms with van der Waals surface area (Å²) in [7, 11) is 0. The van der Waals surface area contributed by atoms with Crippen molar-refractivity contribution in [2.45, 2.75) is 18.5 Å². The maximum absolute atomic E-state index is 12.4. The van der Waals surface area contributed by atoms with E-state index < -0.39 is 0 Å². The average molecular weight is 404 g/mol. The topological polar surface area (TPSA) is 62.3 Å². The number of thioether (sulfide) groups is 1. The molecule has 0 aliphatic carbocycles. The maximum atomic E-state index is 12.4. The van der Waals surface area contributed by atoms with Crippen LogP contribution >= 0.6 is 11.8 Å². The molecule has 3 aromatic rings. The van der Waals surface area contributed by atoms with Gasteiger partial charge in [0.15, 0.2) is 0 Å². The van der Waals surface area contributed by atoms with Gasteiger partial charge in [-0.15, -0.1) is 11.8 Å². The molecule has 29 heavy (non-hydrogen) atoms. The van der Waals surface area contributed by atoms with Crippen LogP contribution in [0.2, 0.25) is 0 Å². The lowest BCUT2D eigenvalue weighted by Gasteiger charge is -2.24. The first-order valence-electron chi connectivity index (χ1n) is 9.44. The smallest absolute Gasteiger partial charge is 0.251 e. The van der Waals surface area contributed by atoms with E-state index in [0.717, 1.165) is 16.8 Å². The first-order chi connectivity index (χ1) is 14.2. The summed E-state index contributed by atoms with van der Waals surface area (Å²) in [5, 5.41) is 2.85. The van der Waals surface area contributed by atoms with Gasteiger partial charge in [-0.3, -0.25) is 14.6 Å². The number of pyridine rings is 1. The number of carbonyl (C=O) groups is 2. The first kappa shape index (κ1) is 19.2. The van der Waals surface area contributed by atoms with Crippen LogP contribution in [0.15, 0.2) is 79.0 Å². The van der Waals surface area contributed by atoms with Crippen LogP contribution in [0.1, 0.15) is 32.6 Å². The van der Waals surface area contributed by atoms with Crippen LogP contribution in [-0.4, -0.2) is 27.5 Å². The molecule has 2 aromatic carbocycles. The molecule has 2 amide bonds. The Labute approximate surface area is 174 Å². The van der Waals surface area contributed by atoms with Crippen LogP contribution < -0.4 is 5.32 Å². The zero-order chi connectivity index (χ0) is 20.1. The van der Waals surface area contributed by atoms with Crippen LogP contribution in [0.3, 0.4) is 0 Å². The molecule has 1 aliphatic heterocycles. The summed E-state index contributed by atoms with van der Waals surface area (Å²) >= 11 is 1.62. The van der Waals surface area contributed by atoms with Crippen molar-refractivity contribution in [3.63, 3.8) is 0 Å². The molecule has 1 aliphatic rings. The van der Waals surface area contributed by atoms with Crippen LogP contribution in [-0.2, 0) is 17.9 Å². The molecule has 1 aromatic heterocycles. The minimum absolute atomic E-state index is 0.0339. The lowest BCUT2D eigenvalue weighted by atomic mass is 10.1. The molecule has 5 nitrogen and oxygen atoms in total. The first-order valence-corrected chi connectivity index (χ1v) is 10.5. The fraction of sp³-hybridized carbons (Fsp3) is 0.174. The van der Waals surface area contributed by atoms with Gasteiger partial charge in [0.1, 0.15) is 5.37 Å². The second kappa shape index (κ2) is 8.92. The predicted octanol–water partition coefficient (Wildman–Crippen LogP) is 3.79. The second-order valence-corrected chi connectivity index (χ2v) is 7.86. The molecular formula is C23H21N3O2S. The van der Waals surface area contributed by atoms with Gasteiger partial charge in [-0.2, -0.15) is 0 Å². The fourth-order valence-electron chi connectivity index (χ4n) is 3.26. The third-order valence-corrected chi connectivity index (χ3v) is 6.03. The van der Waals surface area contributed by atoms with Crippen molar-refractivity contribution < 1.29 is 9.59 Å². The van der Waals surface area contributed by atoms with E-state index >= 15 is 0 Å². The van der Waals surface area contributed by atoms with Crippen molar-refractivity contribution >= 4 is 23.6 Å². The van der Waals surface area contributed by atoms with Crippen LogP contribution in [0.5, 0.6) is 0 Å². The Kier molecular flexibility index (Phi) is 5.91. The van der Waals surface area contributed by atoms with Gasteiger partial charge in [0.2, 0.25) is 5.91 Å². The van der Waals surface area contributed by atoms with Crippen molar-refractivity contribution in [3.05, 3.63) is 101 Å². The molecule has 4 rings (SSSR count). The van der Waals surface area contributed by atoms with Crippen molar-refractivity contribution in [1.29, 1.82) is 0 Å². The van der Waals surface area contributed by atoms with Gasteiger partial charge in [0.25, 0.3) is 5.91 Å². The van der Waals surface area contributed by atoms with Crippen LogP contribution in [0, 0.1) is 0 Å². The molecule has 1 atom stereocenters. The van der Waals surface area contributed by atoms with E-state index in [0.29, 0.717) is 24.4 Å². The Hall–Kier alpha value is -3.12. The van der Waals surface area contributed by atoms with Crippen molar-refractivity contribution in [2.75, 3.05) is 5.75 Å². The number of nitrogens with one attached hydrogen (secondary N) is 1. The molecular weight excluding hydrogens is 382 g/mol. The van der Waals surface area contributed by atoms with E-state index in [2.05, 4.69) is 10.3 Å². The van der Waals surface area contributed by atoms with Gasteiger partial charge in [0, 0.05) is 18.3 Å². The van der Waals surface area contributed by atoms with E-state index in [-0.39, 0.29) is 17.2 Å². The molecule has 1 N–H and O–H groups in total. The van der Waals surface area contributed by atoms with Gasteiger partial charge in [-0.25, -0.2) is 0 Å². The van der Waals surface area contributed by atoms with Crippen molar-refractivity contribution in [1.82, 2.24) is 15.2 Å². The van der Waals surface area contributed by atoms with Gasteiger partial charge in [0.05, 0.1) is 18.0 Å². The largest absolute Gasteiger partial charge is 0.346 e. The summed E-state index contributed by atoms with van der Waals surface area (Å²) in [6.45, 7) is 0.975. The van der Waals surface area contributed by atoms with Crippen molar-refractivity contribution in [2.24, 2.45) is 0 Å². The number of aromatic nitrogens is 1. The summed E-state index contributed by atoms with van der Waals surface area (Å²) in [5.74, 6) is 0.476. The molecule has 6 heteroatoms. The highest BCUT2D eigenvalue weighted by Gasteiger charge is 2.32. The molecule has 0 saturated carbocycles. The molecule has 0 unspecified atom stereocenters. The molecule has 1 saturated heterocycles. The SMILES string of the molecule is O=C(NCc1ccccn1)c1ccc([C@@H]2SCC(=O)N2Cc2ccccc2)cc1. The molecule has 1 fully saturated rings. The highest BCUT2D eigenvalue weighted by Crippen LogP contribution is 2.39. The normalized spacial score (nSPS) is 16.1. The summed E-state index contributed by atoms with van der Waals surface area (Å²) < 4.78 is 0. The average Bonchev–Trinajstić information content (AvgIpc) is 3.14. The third-order valence-electron chi connectivity index (χ3n) is 4.78. The Balaban J connectivity index is 1.42. The highest BCUT2D eigenvalue weighted by molar-refractivity contribution is 8.00. The zero-order valence-electron chi connectivity index (χ0n) is 15.8. The fourth-order valence-corrected chi connectivity index (χ4v) is 4.44. The van der Waals surface area contributed by atoms with E-state index in [9.17, 15) is 9.59 Å². The minimum Gasteiger partial charge on any atom is -0.346 e. The lowest BCUT2D eigenvalue weighted by molar-refractivity contribution is -0.128. The highest BCUT2D eigenvalue weighted by atomic mass is 32.2. The van der Waals surface area contributed by atoms with Gasteiger partial charge in [-0.05, 0) is 35.4 Å². The molecule has 0 spiro atoms. The van der Waals surface area contributed by atoms with Crippen LogP contribution in [0.25, 0.3) is 0 Å². The summed E-state index contributed by atoms with van der Waals surface area (Å²) in [6.07, 6.45) is 1.71. The van der Waals surface area contributed by atoms with Crippen LogP contribution in [0.4, 0.5) is 0 Å². The zero-order valence-corrected chi connectivity index (χ0v) is 16.6. The molecule has 0 radical (unpaired) electrons. The Morgan fingerprint density at radius 3 is 2.52 bits per heavy atom. The number of hydrogen-bond donors (Lipinski definition) is 1. The number of hydrogen-bond acceptors (Lipinski definition) is 4. The predicted molar refractivity (Wildman–Crippen MR) is 114 cm³/mol. The van der Waals surface area contributed by atoms with E-state index in [4.69, 9.17) is 0 Å². The van der Waals surface area contributed by atoms with E-state index in [1.54, 1.807) is 18.0 Å². The van der Waals surface area contributed by atoms with E-state index in [1.807, 2.05) is 77.7 Å². The van der Waals surface area contributed by atoms with Crippen molar-refractivity contribution in [3.8, 4) is 0 Å². The minimum atomic E-state index is -0.140. The monoisotopic (exact) mass is 403 g/mol. The number of benzene rings is 2. The molecule has 146 valence electrons. The van der Waals surface area contributed by atoms with Gasteiger partial charge >= 0.3 is 0 Å². The Morgan fingerprint density at radius 1 is 1.03 bits per heavy atom. The Morgan fingerprint density at radius 2 is 1.79 bits per heavy atom. The Bertz CT molecular complexity index is 978. The quantitative estimate of drug-likeness (QED) is 0.680.